The highest BCUT2D eigenvalue weighted by Gasteiger charge is 2.39. The normalized spacial score (nSPS) is 16.6. The van der Waals surface area contributed by atoms with E-state index in [9.17, 15) is 19.5 Å². The molecule has 3 rings (SSSR count). The van der Waals surface area contributed by atoms with Crippen molar-refractivity contribution in [3.63, 3.8) is 0 Å². The van der Waals surface area contributed by atoms with Gasteiger partial charge >= 0.3 is 11.8 Å². The molecule has 0 saturated carbocycles. The van der Waals surface area contributed by atoms with Gasteiger partial charge in [-0.25, -0.2) is 0 Å². The molecule has 1 heterocycles. The molecule has 0 saturated heterocycles. The van der Waals surface area contributed by atoms with Gasteiger partial charge in [-0.15, -0.1) is 0 Å². The Kier molecular flexibility index (Phi) is 5.75. The highest BCUT2D eigenvalue weighted by molar-refractivity contribution is 6.35. The van der Waals surface area contributed by atoms with Crippen LogP contribution in [0.4, 0.5) is 5.69 Å². The summed E-state index contributed by atoms with van der Waals surface area (Å²) in [6.07, 6.45) is -0.928. The largest absolute Gasteiger partial charge is 0.387 e. The van der Waals surface area contributed by atoms with Gasteiger partial charge in [-0.3, -0.25) is 14.4 Å². The molecule has 7 nitrogen and oxygen atoms in total. The molecule has 0 fully saturated rings. The SMILES string of the molecule is CC(C)N1C(=O)[C@@H](NC(=O)C(=O)NC[C@H](O)c2ccccc2)c2ccccc21. The Balaban J connectivity index is 1.64. The molecule has 7 heteroatoms. The van der Waals surface area contributed by atoms with E-state index < -0.39 is 24.0 Å². The lowest BCUT2D eigenvalue weighted by Crippen LogP contribution is -2.46. The molecule has 0 unspecified atom stereocenters. The van der Waals surface area contributed by atoms with Crippen LogP contribution in [0.25, 0.3) is 0 Å². The Labute approximate surface area is 163 Å². The molecule has 2 aromatic carbocycles. The maximum atomic E-state index is 12.8. The van der Waals surface area contributed by atoms with Gasteiger partial charge in [-0.2, -0.15) is 0 Å². The number of carbonyl (C=O) groups excluding carboxylic acids is 3. The molecule has 0 radical (unpaired) electrons. The van der Waals surface area contributed by atoms with Crippen molar-refractivity contribution < 1.29 is 19.5 Å². The number of fused-ring (bicyclic) bond motifs is 1. The zero-order chi connectivity index (χ0) is 20.3. The van der Waals surface area contributed by atoms with Crippen molar-refractivity contribution in [2.45, 2.75) is 32.0 Å². The van der Waals surface area contributed by atoms with E-state index in [-0.39, 0.29) is 18.5 Å². The van der Waals surface area contributed by atoms with Crippen LogP contribution >= 0.6 is 0 Å². The molecule has 3 amide bonds. The molecule has 2 atom stereocenters. The number of rotatable bonds is 5. The van der Waals surface area contributed by atoms with E-state index in [4.69, 9.17) is 0 Å². The van der Waals surface area contributed by atoms with Gasteiger partial charge in [0.1, 0.15) is 6.04 Å². The van der Waals surface area contributed by atoms with Crippen LogP contribution in [-0.4, -0.2) is 35.4 Å². The number of para-hydroxylation sites is 1. The predicted molar refractivity (Wildman–Crippen MR) is 104 cm³/mol. The highest BCUT2D eigenvalue weighted by atomic mass is 16.3. The number of hydrogen-bond donors (Lipinski definition) is 3. The highest BCUT2D eigenvalue weighted by Crippen LogP contribution is 2.36. The molecule has 0 aromatic heterocycles. The summed E-state index contributed by atoms with van der Waals surface area (Å²) in [5.74, 6) is -2.09. The van der Waals surface area contributed by atoms with Crippen molar-refractivity contribution in [3.05, 3.63) is 65.7 Å². The van der Waals surface area contributed by atoms with E-state index in [2.05, 4.69) is 10.6 Å². The minimum atomic E-state index is -0.928. The van der Waals surface area contributed by atoms with Crippen LogP contribution in [0.15, 0.2) is 54.6 Å². The first kappa shape index (κ1) is 19.6. The van der Waals surface area contributed by atoms with Gasteiger partial charge in [0.25, 0.3) is 5.91 Å². The summed E-state index contributed by atoms with van der Waals surface area (Å²) in [4.78, 5) is 38.8. The molecule has 2 aromatic rings. The molecule has 0 aliphatic carbocycles. The zero-order valence-corrected chi connectivity index (χ0v) is 15.8. The van der Waals surface area contributed by atoms with Crippen LogP contribution < -0.4 is 15.5 Å². The van der Waals surface area contributed by atoms with Gasteiger partial charge in [0.05, 0.1) is 6.10 Å². The van der Waals surface area contributed by atoms with Gasteiger partial charge in [-0.1, -0.05) is 48.5 Å². The Morgan fingerprint density at radius 2 is 1.68 bits per heavy atom. The maximum Gasteiger partial charge on any atom is 0.310 e. The summed E-state index contributed by atoms with van der Waals surface area (Å²) in [5.41, 5.74) is 2.02. The molecule has 0 spiro atoms. The Morgan fingerprint density at radius 1 is 1.04 bits per heavy atom. The molecular weight excluding hydrogens is 358 g/mol. The topological polar surface area (TPSA) is 98.7 Å². The first-order valence-electron chi connectivity index (χ1n) is 9.14. The number of hydrogen-bond acceptors (Lipinski definition) is 4. The first-order chi connectivity index (χ1) is 13.4. The van der Waals surface area contributed by atoms with E-state index in [0.717, 1.165) is 5.69 Å². The standard InChI is InChI=1S/C21H23N3O4/c1-13(2)24-16-11-7-6-10-15(16)18(21(24)28)23-20(27)19(26)22-12-17(25)14-8-4-3-5-9-14/h3-11,13,17-18,25H,12H2,1-2H3,(H,22,26)(H,23,27)/t17-,18-/m0/s1. The number of amides is 3. The van der Waals surface area contributed by atoms with Gasteiger partial charge < -0.3 is 20.6 Å². The van der Waals surface area contributed by atoms with E-state index in [0.29, 0.717) is 11.1 Å². The molecule has 1 aliphatic rings. The molecule has 3 N–H and O–H groups in total. The maximum absolute atomic E-state index is 12.8. The fourth-order valence-corrected chi connectivity index (χ4v) is 3.27. The van der Waals surface area contributed by atoms with Crippen molar-refractivity contribution in [2.24, 2.45) is 0 Å². The second kappa shape index (κ2) is 8.22. The number of anilines is 1. The lowest BCUT2D eigenvalue weighted by Gasteiger charge is -2.22. The molecule has 28 heavy (non-hydrogen) atoms. The fourth-order valence-electron chi connectivity index (χ4n) is 3.27. The van der Waals surface area contributed by atoms with Crippen molar-refractivity contribution in [1.29, 1.82) is 0 Å². The predicted octanol–water partition coefficient (Wildman–Crippen LogP) is 1.45. The van der Waals surface area contributed by atoms with Crippen LogP contribution in [0.3, 0.4) is 0 Å². The molecule has 146 valence electrons. The van der Waals surface area contributed by atoms with Crippen molar-refractivity contribution in [2.75, 3.05) is 11.4 Å². The second-order valence-corrected chi connectivity index (χ2v) is 6.90. The molecular formula is C21H23N3O4. The van der Waals surface area contributed by atoms with E-state index in [1.54, 1.807) is 41.3 Å². The summed E-state index contributed by atoms with van der Waals surface area (Å²) in [6, 6.07) is 15.0. The number of aliphatic hydroxyl groups is 1. The van der Waals surface area contributed by atoms with Crippen LogP contribution in [0, 0.1) is 0 Å². The molecule has 1 aliphatic heterocycles. The quantitative estimate of drug-likeness (QED) is 0.683. The van der Waals surface area contributed by atoms with Crippen molar-refractivity contribution in [3.8, 4) is 0 Å². The second-order valence-electron chi connectivity index (χ2n) is 6.90. The summed E-state index contributed by atoms with van der Waals surface area (Å²) in [5, 5.41) is 15.0. The van der Waals surface area contributed by atoms with Gasteiger partial charge in [-0.05, 0) is 25.5 Å². The third-order valence-electron chi connectivity index (χ3n) is 4.63. The number of benzene rings is 2. The third kappa shape index (κ3) is 3.89. The minimum Gasteiger partial charge on any atom is -0.387 e. The number of nitrogens with one attached hydrogen (secondary N) is 2. The van der Waals surface area contributed by atoms with Crippen molar-refractivity contribution >= 4 is 23.4 Å². The minimum absolute atomic E-state index is 0.0783. The van der Waals surface area contributed by atoms with Crippen LogP contribution in [0.5, 0.6) is 0 Å². The van der Waals surface area contributed by atoms with Crippen LogP contribution in [0.1, 0.15) is 37.1 Å². The average molecular weight is 381 g/mol. The van der Waals surface area contributed by atoms with Crippen molar-refractivity contribution in [1.82, 2.24) is 10.6 Å². The summed E-state index contributed by atoms with van der Waals surface area (Å²) in [7, 11) is 0. The molecule has 0 bridgehead atoms. The van der Waals surface area contributed by atoms with Crippen LogP contribution in [-0.2, 0) is 14.4 Å². The zero-order valence-electron chi connectivity index (χ0n) is 15.8. The lowest BCUT2D eigenvalue weighted by atomic mass is 10.1. The monoisotopic (exact) mass is 381 g/mol. The average Bonchev–Trinajstić information content (AvgIpc) is 2.98. The lowest BCUT2D eigenvalue weighted by molar-refractivity contribution is -0.140. The number of aliphatic hydroxyl groups excluding tert-OH is 1. The smallest absolute Gasteiger partial charge is 0.310 e. The van der Waals surface area contributed by atoms with Crippen LogP contribution in [0.2, 0.25) is 0 Å². The van der Waals surface area contributed by atoms with Gasteiger partial charge in [0, 0.05) is 23.8 Å². The Hall–Kier alpha value is -3.19. The van der Waals surface area contributed by atoms with E-state index in [1.807, 2.05) is 32.0 Å². The fraction of sp³-hybridized carbons (Fsp3) is 0.286. The summed E-state index contributed by atoms with van der Waals surface area (Å²) in [6.45, 7) is 3.66. The number of nitrogens with zero attached hydrogens (tertiary/aromatic N) is 1. The Morgan fingerprint density at radius 3 is 2.36 bits per heavy atom. The van der Waals surface area contributed by atoms with E-state index in [1.165, 1.54) is 0 Å². The number of carbonyl (C=O) groups is 3. The van der Waals surface area contributed by atoms with Gasteiger partial charge in [0.2, 0.25) is 0 Å². The Bertz CT molecular complexity index is 882. The third-order valence-corrected chi connectivity index (χ3v) is 4.63. The summed E-state index contributed by atoms with van der Waals surface area (Å²) < 4.78 is 0. The summed E-state index contributed by atoms with van der Waals surface area (Å²) >= 11 is 0. The van der Waals surface area contributed by atoms with E-state index >= 15 is 0 Å². The first-order valence-corrected chi connectivity index (χ1v) is 9.14. The van der Waals surface area contributed by atoms with Gasteiger partial charge in [0.15, 0.2) is 0 Å².